The highest BCUT2D eigenvalue weighted by Crippen LogP contribution is 2.13. The summed E-state index contributed by atoms with van der Waals surface area (Å²) < 4.78 is 7.06. The largest absolute Gasteiger partial charge is 0.379 e. The van der Waals surface area contributed by atoms with Crippen LogP contribution in [-0.4, -0.2) is 41.8 Å². The molecular weight excluding hydrogens is 252 g/mol. The summed E-state index contributed by atoms with van der Waals surface area (Å²) in [4.78, 5) is 23.4. The highest BCUT2D eigenvalue weighted by molar-refractivity contribution is 8.11. The Bertz CT molecular complexity index is 419. The zero-order chi connectivity index (χ0) is 12.8. The van der Waals surface area contributed by atoms with E-state index in [-0.39, 0.29) is 11.1 Å². The van der Waals surface area contributed by atoms with Crippen LogP contribution in [0.1, 0.15) is 10.4 Å². The third kappa shape index (κ3) is 3.83. The van der Waals surface area contributed by atoms with Crippen molar-refractivity contribution >= 4 is 23.1 Å². The lowest BCUT2D eigenvalue weighted by Gasteiger charge is -2.24. The number of nitrogens with one attached hydrogen (secondary N) is 1. The zero-order valence-electron chi connectivity index (χ0n) is 9.80. The first-order chi connectivity index (χ1) is 8.75. The summed E-state index contributed by atoms with van der Waals surface area (Å²) in [5.74, 6) is -0.374. The first kappa shape index (κ1) is 13.1. The molecular formula is C12H14N2O3S. The van der Waals surface area contributed by atoms with E-state index in [2.05, 4.69) is 5.32 Å². The zero-order valence-corrected chi connectivity index (χ0v) is 10.6. The van der Waals surface area contributed by atoms with Gasteiger partial charge in [-0.1, -0.05) is 18.2 Å². The molecule has 1 heterocycles. The van der Waals surface area contributed by atoms with Crippen LogP contribution in [0.5, 0.6) is 0 Å². The second-order valence-electron chi connectivity index (χ2n) is 3.74. The van der Waals surface area contributed by atoms with E-state index >= 15 is 0 Å². The molecule has 0 atom stereocenters. The van der Waals surface area contributed by atoms with E-state index < -0.39 is 0 Å². The van der Waals surface area contributed by atoms with Crippen LogP contribution in [0, 0.1) is 0 Å². The van der Waals surface area contributed by atoms with Crippen molar-refractivity contribution in [1.29, 1.82) is 0 Å². The highest BCUT2D eigenvalue weighted by Gasteiger charge is 2.17. The number of rotatable bonds is 2. The molecule has 18 heavy (non-hydrogen) atoms. The molecule has 1 aliphatic heterocycles. The lowest BCUT2D eigenvalue weighted by Crippen LogP contribution is -2.35. The minimum absolute atomic E-state index is 0.356. The Morgan fingerprint density at radius 2 is 1.83 bits per heavy atom. The first-order valence-corrected chi connectivity index (χ1v) is 6.44. The van der Waals surface area contributed by atoms with Gasteiger partial charge in [-0.2, -0.15) is 0 Å². The molecule has 0 saturated carbocycles. The fourth-order valence-corrected chi connectivity index (χ4v) is 2.24. The van der Waals surface area contributed by atoms with Crippen molar-refractivity contribution in [2.45, 2.75) is 0 Å². The van der Waals surface area contributed by atoms with Crippen LogP contribution >= 0.6 is 11.9 Å². The summed E-state index contributed by atoms with van der Waals surface area (Å²) >= 11 is 1.03. The number of amides is 2. The van der Waals surface area contributed by atoms with Gasteiger partial charge in [0, 0.05) is 30.6 Å². The molecule has 0 radical (unpaired) electrons. The number of morpholine rings is 1. The molecule has 1 aromatic carbocycles. The van der Waals surface area contributed by atoms with Gasteiger partial charge in [-0.05, 0) is 12.1 Å². The van der Waals surface area contributed by atoms with Gasteiger partial charge in [-0.3, -0.25) is 14.9 Å². The minimum atomic E-state index is -0.374. The van der Waals surface area contributed by atoms with Crippen molar-refractivity contribution in [2.24, 2.45) is 0 Å². The molecule has 2 rings (SSSR count). The van der Waals surface area contributed by atoms with Gasteiger partial charge >= 0.3 is 5.24 Å². The van der Waals surface area contributed by atoms with Gasteiger partial charge in [0.25, 0.3) is 5.91 Å². The molecule has 5 nitrogen and oxygen atoms in total. The Hall–Kier alpha value is -1.37. The Kier molecular flexibility index (Phi) is 4.74. The minimum Gasteiger partial charge on any atom is -0.379 e. The van der Waals surface area contributed by atoms with E-state index in [0.29, 0.717) is 31.9 Å². The lowest BCUT2D eigenvalue weighted by atomic mass is 10.2. The maximum atomic E-state index is 11.7. The van der Waals surface area contributed by atoms with E-state index in [1.165, 1.54) is 0 Å². The predicted octanol–water partition coefficient (Wildman–Crippen LogP) is 1.52. The van der Waals surface area contributed by atoms with Crippen molar-refractivity contribution in [3.63, 3.8) is 0 Å². The van der Waals surface area contributed by atoms with Crippen molar-refractivity contribution in [1.82, 2.24) is 9.62 Å². The van der Waals surface area contributed by atoms with Crippen LogP contribution < -0.4 is 5.32 Å². The van der Waals surface area contributed by atoms with Gasteiger partial charge in [-0.25, -0.2) is 4.31 Å². The van der Waals surface area contributed by atoms with E-state index in [0.717, 1.165) is 11.9 Å². The maximum Gasteiger partial charge on any atom is 0.301 e. The monoisotopic (exact) mass is 266 g/mol. The van der Waals surface area contributed by atoms with Crippen LogP contribution in [0.15, 0.2) is 30.3 Å². The van der Waals surface area contributed by atoms with E-state index in [1.54, 1.807) is 24.3 Å². The Morgan fingerprint density at radius 3 is 2.50 bits per heavy atom. The second-order valence-corrected chi connectivity index (χ2v) is 4.81. The number of carbonyl (C=O) groups excluding carboxylic acids is 2. The summed E-state index contributed by atoms with van der Waals surface area (Å²) in [7, 11) is 0. The molecule has 1 aliphatic rings. The quantitative estimate of drug-likeness (QED) is 0.822. The summed E-state index contributed by atoms with van der Waals surface area (Å²) in [5, 5.41) is 1.99. The molecule has 96 valence electrons. The lowest BCUT2D eigenvalue weighted by molar-refractivity contribution is 0.0775. The summed E-state index contributed by atoms with van der Waals surface area (Å²) in [6.45, 7) is 2.62. The van der Waals surface area contributed by atoms with E-state index in [1.807, 2.05) is 10.4 Å². The van der Waals surface area contributed by atoms with Gasteiger partial charge in [0.1, 0.15) is 0 Å². The van der Waals surface area contributed by atoms with Gasteiger partial charge in [0.2, 0.25) is 0 Å². The van der Waals surface area contributed by atoms with E-state index in [4.69, 9.17) is 4.74 Å². The molecule has 1 aromatic rings. The van der Waals surface area contributed by atoms with Crippen LogP contribution in [0.3, 0.4) is 0 Å². The average Bonchev–Trinajstić information content (AvgIpc) is 2.40. The average molecular weight is 266 g/mol. The standard InChI is InChI=1S/C12H14N2O3S/c15-11(10-4-2-1-3-5-10)13-12(16)18-14-6-8-17-9-7-14/h1-5H,6-9H2,(H,13,15,16). The number of benzene rings is 1. The van der Waals surface area contributed by atoms with Gasteiger partial charge in [0.05, 0.1) is 13.2 Å². The maximum absolute atomic E-state index is 11.7. The van der Waals surface area contributed by atoms with Crippen LogP contribution in [0.25, 0.3) is 0 Å². The number of ether oxygens (including phenoxy) is 1. The molecule has 0 spiro atoms. The molecule has 2 amide bonds. The normalized spacial score (nSPS) is 16.2. The molecule has 0 aliphatic carbocycles. The Labute approximate surface area is 110 Å². The molecule has 0 unspecified atom stereocenters. The number of imide groups is 1. The smallest absolute Gasteiger partial charge is 0.301 e. The van der Waals surface area contributed by atoms with Gasteiger partial charge in [-0.15, -0.1) is 0 Å². The predicted molar refractivity (Wildman–Crippen MR) is 69.3 cm³/mol. The topological polar surface area (TPSA) is 58.6 Å². The van der Waals surface area contributed by atoms with Crippen molar-refractivity contribution in [3.05, 3.63) is 35.9 Å². The Morgan fingerprint density at radius 1 is 1.17 bits per heavy atom. The second kappa shape index (κ2) is 6.53. The number of nitrogens with zero attached hydrogens (tertiary/aromatic N) is 1. The van der Waals surface area contributed by atoms with Gasteiger partial charge < -0.3 is 4.74 Å². The fraction of sp³-hybridized carbons (Fsp3) is 0.333. The molecule has 1 fully saturated rings. The van der Waals surface area contributed by atoms with Crippen LogP contribution in [0.4, 0.5) is 4.79 Å². The molecule has 0 aromatic heterocycles. The highest BCUT2D eigenvalue weighted by atomic mass is 32.2. The van der Waals surface area contributed by atoms with Crippen LogP contribution in [-0.2, 0) is 4.74 Å². The fourth-order valence-electron chi connectivity index (χ4n) is 1.53. The van der Waals surface area contributed by atoms with Crippen molar-refractivity contribution in [2.75, 3.05) is 26.3 Å². The van der Waals surface area contributed by atoms with E-state index in [9.17, 15) is 9.59 Å². The van der Waals surface area contributed by atoms with Crippen molar-refractivity contribution in [3.8, 4) is 0 Å². The molecule has 1 saturated heterocycles. The third-order valence-electron chi connectivity index (χ3n) is 2.43. The molecule has 1 N–H and O–H groups in total. The Balaban J connectivity index is 1.82. The summed E-state index contributed by atoms with van der Waals surface area (Å²) in [6.07, 6.45) is 0. The number of hydrogen-bond acceptors (Lipinski definition) is 5. The summed E-state index contributed by atoms with van der Waals surface area (Å²) in [6, 6.07) is 8.67. The van der Waals surface area contributed by atoms with Crippen LogP contribution in [0.2, 0.25) is 0 Å². The van der Waals surface area contributed by atoms with Crippen molar-refractivity contribution < 1.29 is 14.3 Å². The number of carbonyl (C=O) groups is 2. The summed E-state index contributed by atoms with van der Waals surface area (Å²) in [5.41, 5.74) is 0.480. The SMILES string of the molecule is O=C(NC(=O)c1ccccc1)SN1CCOCC1. The molecule has 0 bridgehead atoms. The third-order valence-corrected chi connectivity index (χ3v) is 3.32. The van der Waals surface area contributed by atoms with Gasteiger partial charge in [0.15, 0.2) is 0 Å². The molecule has 6 heteroatoms. The first-order valence-electron chi connectivity index (χ1n) is 5.67. The number of hydrogen-bond donors (Lipinski definition) is 1.